The van der Waals surface area contributed by atoms with Crippen LogP contribution in [0.5, 0.6) is 5.75 Å². The Hall–Kier alpha value is -4.95. The highest BCUT2D eigenvalue weighted by molar-refractivity contribution is 5.95. The molecule has 43 heavy (non-hydrogen) atoms. The number of rotatable bonds is 16. The highest BCUT2D eigenvalue weighted by Crippen LogP contribution is 2.24. The Labute approximate surface area is 254 Å². The summed E-state index contributed by atoms with van der Waals surface area (Å²) in [6.07, 6.45) is 7.11. The zero-order valence-corrected chi connectivity index (χ0v) is 24.7. The molecule has 3 rings (SSSR count). The van der Waals surface area contributed by atoms with Crippen LogP contribution < -0.4 is 20.7 Å². The van der Waals surface area contributed by atoms with Crippen molar-refractivity contribution in [1.29, 1.82) is 0 Å². The SMILES string of the molecule is C=CCN(CC=C)C(C(=O)NC(/C=C/c1ccccc1)C(=O)N[C@@H](Cc1ccccc1)C(=O)NC)c1ccc(OC)cc1. The predicted molar refractivity (Wildman–Crippen MR) is 171 cm³/mol. The standard InChI is InChI=1S/C35H40N4O4/c1-5-23-39(24-6-2)32(28-18-20-29(43-4)21-19-28)35(42)37-30(22-17-26-13-9-7-10-14-26)34(41)38-31(33(40)36-3)25-27-15-11-8-12-16-27/h5-22,30-32H,1-2,23-25H2,3-4H3,(H,36,40)(H,37,42)(H,38,41)/b22-17+/t30?,31-,32?/m0/s1. The fourth-order valence-corrected chi connectivity index (χ4v) is 4.63. The van der Waals surface area contributed by atoms with Gasteiger partial charge < -0.3 is 20.7 Å². The van der Waals surface area contributed by atoms with E-state index in [2.05, 4.69) is 29.1 Å². The largest absolute Gasteiger partial charge is 0.497 e. The summed E-state index contributed by atoms with van der Waals surface area (Å²) in [5.41, 5.74) is 2.45. The van der Waals surface area contributed by atoms with Gasteiger partial charge in [-0.15, -0.1) is 13.2 Å². The predicted octanol–water partition coefficient (Wildman–Crippen LogP) is 4.08. The van der Waals surface area contributed by atoms with Gasteiger partial charge in [0.05, 0.1) is 7.11 Å². The summed E-state index contributed by atoms with van der Waals surface area (Å²) in [5, 5.41) is 8.40. The van der Waals surface area contributed by atoms with Crippen LogP contribution in [0, 0.1) is 0 Å². The first kappa shape index (κ1) is 32.6. The molecule has 8 heteroatoms. The highest BCUT2D eigenvalue weighted by Gasteiger charge is 2.31. The van der Waals surface area contributed by atoms with Crippen LogP contribution in [0.2, 0.25) is 0 Å². The summed E-state index contributed by atoms with van der Waals surface area (Å²) in [4.78, 5) is 42.5. The fraction of sp³-hybridized carbons (Fsp3) is 0.229. The second-order valence-corrected chi connectivity index (χ2v) is 9.83. The molecule has 0 bridgehead atoms. The quantitative estimate of drug-likeness (QED) is 0.222. The van der Waals surface area contributed by atoms with Crippen LogP contribution in [0.25, 0.3) is 6.08 Å². The minimum absolute atomic E-state index is 0.288. The molecule has 8 nitrogen and oxygen atoms in total. The number of carbonyl (C=O) groups excluding carboxylic acids is 3. The fourth-order valence-electron chi connectivity index (χ4n) is 4.63. The molecule has 0 spiro atoms. The maximum atomic E-state index is 14.0. The van der Waals surface area contributed by atoms with Gasteiger partial charge in [0.15, 0.2) is 0 Å². The van der Waals surface area contributed by atoms with Crippen molar-refractivity contribution in [2.24, 2.45) is 0 Å². The minimum Gasteiger partial charge on any atom is -0.497 e. The number of likely N-dealkylation sites (N-methyl/N-ethyl adjacent to an activating group) is 1. The van der Waals surface area contributed by atoms with Crippen molar-refractivity contribution >= 4 is 23.8 Å². The van der Waals surface area contributed by atoms with E-state index in [0.29, 0.717) is 24.4 Å². The van der Waals surface area contributed by atoms with Gasteiger partial charge in [0, 0.05) is 26.6 Å². The molecule has 2 unspecified atom stereocenters. The highest BCUT2D eigenvalue weighted by atomic mass is 16.5. The molecule has 0 aliphatic rings. The third-order valence-electron chi connectivity index (χ3n) is 6.80. The third kappa shape index (κ3) is 9.83. The molecule has 3 N–H and O–H groups in total. The van der Waals surface area contributed by atoms with Crippen LogP contribution in [0.15, 0.2) is 116 Å². The van der Waals surface area contributed by atoms with Crippen LogP contribution in [0.1, 0.15) is 22.7 Å². The summed E-state index contributed by atoms with van der Waals surface area (Å²) in [6, 6.07) is 23.4. The van der Waals surface area contributed by atoms with Crippen molar-refractivity contribution < 1.29 is 19.1 Å². The van der Waals surface area contributed by atoms with Crippen molar-refractivity contribution in [3.05, 3.63) is 133 Å². The van der Waals surface area contributed by atoms with Gasteiger partial charge in [-0.05, 0) is 28.8 Å². The lowest BCUT2D eigenvalue weighted by atomic mass is 10.0. The zero-order chi connectivity index (χ0) is 31.0. The molecule has 0 aromatic heterocycles. The first-order valence-corrected chi connectivity index (χ1v) is 14.1. The number of benzene rings is 3. The first-order chi connectivity index (χ1) is 20.9. The van der Waals surface area contributed by atoms with Gasteiger partial charge in [0.1, 0.15) is 23.9 Å². The number of ether oxygens (including phenoxy) is 1. The van der Waals surface area contributed by atoms with Crippen molar-refractivity contribution in [2.75, 3.05) is 27.2 Å². The number of nitrogens with zero attached hydrogens (tertiary/aromatic N) is 1. The molecule has 0 radical (unpaired) electrons. The second kappa shape index (κ2) is 17.1. The molecule has 224 valence electrons. The van der Waals surface area contributed by atoms with E-state index in [1.54, 1.807) is 43.5 Å². The third-order valence-corrected chi connectivity index (χ3v) is 6.80. The van der Waals surface area contributed by atoms with Crippen LogP contribution >= 0.6 is 0 Å². The van der Waals surface area contributed by atoms with E-state index in [0.717, 1.165) is 11.1 Å². The molecule has 0 saturated heterocycles. The summed E-state index contributed by atoms with van der Waals surface area (Å²) < 4.78 is 5.30. The van der Waals surface area contributed by atoms with Crippen molar-refractivity contribution in [3.8, 4) is 5.75 Å². The maximum Gasteiger partial charge on any atom is 0.247 e. The average molecular weight is 581 g/mol. The van der Waals surface area contributed by atoms with Crippen molar-refractivity contribution in [2.45, 2.75) is 24.5 Å². The molecule has 0 saturated carbocycles. The Kier molecular flexibility index (Phi) is 13.0. The van der Waals surface area contributed by atoms with E-state index in [4.69, 9.17) is 4.74 Å². The smallest absolute Gasteiger partial charge is 0.247 e. The van der Waals surface area contributed by atoms with E-state index in [-0.39, 0.29) is 12.3 Å². The van der Waals surface area contributed by atoms with E-state index in [1.807, 2.05) is 77.7 Å². The van der Waals surface area contributed by atoms with Crippen molar-refractivity contribution in [1.82, 2.24) is 20.9 Å². The van der Waals surface area contributed by atoms with Crippen LogP contribution in [-0.4, -0.2) is 62.0 Å². The molecule has 0 heterocycles. The lowest BCUT2D eigenvalue weighted by molar-refractivity contribution is -0.132. The van der Waals surface area contributed by atoms with Gasteiger partial charge in [-0.2, -0.15) is 0 Å². The molecule has 3 aromatic rings. The molecule has 0 aliphatic heterocycles. The summed E-state index contributed by atoms with van der Waals surface area (Å²) >= 11 is 0. The molecular weight excluding hydrogens is 540 g/mol. The average Bonchev–Trinajstić information content (AvgIpc) is 3.04. The molecule has 0 fully saturated rings. The van der Waals surface area contributed by atoms with Gasteiger partial charge >= 0.3 is 0 Å². The van der Waals surface area contributed by atoms with Crippen LogP contribution in [0.3, 0.4) is 0 Å². The Bertz CT molecular complexity index is 1360. The van der Waals surface area contributed by atoms with Gasteiger partial charge in [-0.3, -0.25) is 19.3 Å². The minimum atomic E-state index is -1.08. The Morgan fingerprint density at radius 1 is 0.814 bits per heavy atom. The summed E-state index contributed by atoms with van der Waals surface area (Å²) in [6.45, 7) is 8.51. The first-order valence-electron chi connectivity index (χ1n) is 14.1. The number of amides is 3. The molecule has 3 amide bonds. The number of nitrogens with one attached hydrogen (secondary N) is 3. The van der Waals surface area contributed by atoms with Gasteiger partial charge in [0.2, 0.25) is 17.7 Å². The number of methoxy groups -OCH3 is 1. The summed E-state index contributed by atoms with van der Waals surface area (Å²) in [7, 11) is 3.10. The van der Waals surface area contributed by atoms with E-state index >= 15 is 0 Å². The van der Waals surface area contributed by atoms with Crippen LogP contribution in [0.4, 0.5) is 0 Å². The maximum absolute atomic E-state index is 14.0. The van der Waals surface area contributed by atoms with Gasteiger partial charge in [-0.25, -0.2) is 0 Å². The summed E-state index contributed by atoms with van der Waals surface area (Å²) in [5.74, 6) is -0.596. The number of hydrogen-bond acceptors (Lipinski definition) is 5. The van der Waals surface area contributed by atoms with Gasteiger partial charge in [-0.1, -0.05) is 97.1 Å². The molecular formula is C35H40N4O4. The monoisotopic (exact) mass is 580 g/mol. The van der Waals surface area contributed by atoms with E-state index in [1.165, 1.54) is 7.05 Å². The van der Waals surface area contributed by atoms with Crippen LogP contribution in [-0.2, 0) is 20.8 Å². The molecule has 3 aromatic carbocycles. The molecule has 3 atom stereocenters. The lowest BCUT2D eigenvalue weighted by Gasteiger charge is -2.30. The van der Waals surface area contributed by atoms with E-state index < -0.39 is 29.9 Å². The second-order valence-electron chi connectivity index (χ2n) is 9.83. The van der Waals surface area contributed by atoms with Gasteiger partial charge in [0.25, 0.3) is 0 Å². The Morgan fingerprint density at radius 2 is 1.42 bits per heavy atom. The Balaban J connectivity index is 1.95. The lowest BCUT2D eigenvalue weighted by Crippen LogP contribution is -2.54. The molecule has 0 aliphatic carbocycles. The van der Waals surface area contributed by atoms with Crippen molar-refractivity contribution in [3.63, 3.8) is 0 Å². The zero-order valence-electron chi connectivity index (χ0n) is 24.7. The Morgan fingerprint density at radius 3 is 1.98 bits per heavy atom. The number of carbonyl (C=O) groups is 3. The number of hydrogen-bond donors (Lipinski definition) is 3. The normalized spacial score (nSPS) is 13.0. The topological polar surface area (TPSA) is 99.8 Å². The van der Waals surface area contributed by atoms with E-state index in [9.17, 15) is 14.4 Å².